The number of hydrogen-bond acceptors (Lipinski definition) is 2. The Kier molecular flexibility index (Phi) is 3.85. The molecule has 0 bridgehead atoms. The minimum absolute atomic E-state index is 0.711. The van der Waals surface area contributed by atoms with Crippen LogP contribution in [0.25, 0.3) is 0 Å². The van der Waals surface area contributed by atoms with Gasteiger partial charge in [-0.1, -0.05) is 49.9 Å². The van der Waals surface area contributed by atoms with Crippen molar-refractivity contribution < 1.29 is 10.2 Å². The molecule has 1 atom stereocenters. The average Bonchev–Trinajstić information content (AvgIpc) is 2.55. The lowest BCUT2D eigenvalue weighted by atomic mass is 9.83. The van der Waals surface area contributed by atoms with E-state index in [0.29, 0.717) is 12.8 Å². The fourth-order valence-electron chi connectivity index (χ4n) is 2.80. The molecule has 94 valence electrons. The summed E-state index contributed by atoms with van der Waals surface area (Å²) in [6, 6.07) is 7.79. The normalized spacial score (nSPS) is 21.8. The SMILES string of the molecule is Cc1ccccc1C(O)C1(O)CCCCCC1. The quantitative estimate of drug-likeness (QED) is 0.772. The summed E-state index contributed by atoms with van der Waals surface area (Å²) >= 11 is 0. The number of aliphatic hydroxyl groups excluding tert-OH is 1. The molecule has 1 aliphatic carbocycles. The van der Waals surface area contributed by atoms with E-state index >= 15 is 0 Å². The van der Waals surface area contributed by atoms with Gasteiger partial charge in [0, 0.05) is 0 Å². The predicted octanol–water partition coefficient (Wildman–Crippen LogP) is 3.11. The van der Waals surface area contributed by atoms with Gasteiger partial charge in [0.05, 0.1) is 5.60 Å². The van der Waals surface area contributed by atoms with Crippen LogP contribution in [0.2, 0.25) is 0 Å². The molecule has 2 heteroatoms. The third kappa shape index (κ3) is 2.70. The second kappa shape index (κ2) is 5.19. The van der Waals surface area contributed by atoms with Crippen molar-refractivity contribution in [1.82, 2.24) is 0 Å². The van der Waals surface area contributed by atoms with Gasteiger partial charge < -0.3 is 10.2 Å². The van der Waals surface area contributed by atoms with Gasteiger partial charge in [-0.25, -0.2) is 0 Å². The van der Waals surface area contributed by atoms with E-state index in [4.69, 9.17) is 0 Å². The summed E-state index contributed by atoms with van der Waals surface area (Å²) in [5.41, 5.74) is 0.998. The van der Waals surface area contributed by atoms with Gasteiger partial charge in [-0.15, -0.1) is 0 Å². The molecule has 17 heavy (non-hydrogen) atoms. The van der Waals surface area contributed by atoms with Crippen LogP contribution >= 0.6 is 0 Å². The summed E-state index contributed by atoms with van der Waals surface area (Å²) in [5.74, 6) is 0. The lowest BCUT2D eigenvalue weighted by Gasteiger charge is -2.33. The molecule has 0 heterocycles. The largest absolute Gasteiger partial charge is 0.387 e. The van der Waals surface area contributed by atoms with Gasteiger partial charge in [-0.3, -0.25) is 0 Å². The predicted molar refractivity (Wildman–Crippen MR) is 68.8 cm³/mol. The monoisotopic (exact) mass is 234 g/mol. The van der Waals surface area contributed by atoms with Gasteiger partial charge in [0.2, 0.25) is 0 Å². The lowest BCUT2D eigenvalue weighted by Crippen LogP contribution is -2.36. The zero-order chi connectivity index (χ0) is 12.3. The van der Waals surface area contributed by atoms with Crippen LogP contribution in [0.15, 0.2) is 24.3 Å². The molecule has 2 N–H and O–H groups in total. The van der Waals surface area contributed by atoms with Crippen molar-refractivity contribution in [2.24, 2.45) is 0 Å². The second-order valence-corrected chi connectivity index (χ2v) is 5.28. The number of hydrogen-bond donors (Lipinski definition) is 2. The van der Waals surface area contributed by atoms with E-state index in [2.05, 4.69) is 0 Å². The van der Waals surface area contributed by atoms with Crippen molar-refractivity contribution >= 4 is 0 Å². The topological polar surface area (TPSA) is 40.5 Å². The number of aliphatic hydroxyl groups is 2. The molecule has 1 aliphatic rings. The van der Waals surface area contributed by atoms with Gasteiger partial charge in [0.15, 0.2) is 0 Å². The maximum atomic E-state index is 10.6. The molecule has 1 fully saturated rings. The van der Waals surface area contributed by atoms with Crippen LogP contribution in [0.4, 0.5) is 0 Å². The summed E-state index contributed by atoms with van der Waals surface area (Å²) in [4.78, 5) is 0. The maximum Gasteiger partial charge on any atom is 0.108 e. The van der Waals surface area contributed by atoms with Crippen LogP contribution in [-0.4, -0.2) is 15.8 Å². The van der Waals surface area contributed by atoms with Crippen molar-refractivity contribution in [2.75, 3.05) is 0 Å². The highest BCUT2D eigenvalue weighted by Gasteiger charge is 2.37. The van der Waals surface area contributed by atoms with Gasteiger partial charge in [-0.05, 0) is 30.9 Å². The van der Waals surface area contributed by atoms with Gasteiger partial charge in [0.1, 0.15) is 6.10 Å². The fourth-order valence-corrected chi connectivity index (χ4v) is 2.80. The molecule has 1 saturated carbocycles. The molecule has 2 nitrogen and oxygen atoms in total. The van der Waals surface area contributed by atoms with Crippen LogP contribution in [0, 0.1) is 6.92 Å². The number of aryl methyl sites for hydroxylation is 1. The Morgan fingerprint density at radius 3 is 2.24 bits per heavy atom. The molecule has 0 aromatic heterocycles. The fraction of sp³-hybridized carbons (Fsp3) is 0.600. The molecule has 0 saturated heterocycles. The van der Waals surface area contributed by atoms with Crippen molar-refractivity contribution in [3.63, 3.8) is 0 Å². The highest BCUT2D eigenvalue weighted by atomic mass is 16.3. The van der Waals surface area contributed by atoms with E-state index in [1.165, 1.54) is 12.8 Å². The van der Waals surface area contributed by atoms with E-state index in [0.717, 1.165) is 24.0 Å². The van der Waals surface area contributed by atoms with E-state index in [1.807, 2.05) is 31.2 Å². The molecule has 1 aromatic carbocycles. The van der Waals surface area contributed by atoms with Crippen LogP contribution < -0.4 is 0 Å². The lowest BCUT2D eigenvalue weighted by molar-refractivity contribution is -0.0869. The minimum Gasteiger partial charge on any atom is -0.387 e. The summed E-state index contributed by atoms with van der Waals surface area (Å²) < 4.78 is 0. The molecule has 0 radical (unpaired) electrons. The van der Waals surface area contributed by atoms with E-state index in [1.54, 1.807) is 0 Å². The Labute approximate surface area is 103 Å². The van der Waals surface area contributed by atoms with E-state index < -0.39 is 11.7 Å². The Morgan fingerprint density at radius 1 is 1.06 bits per heavy atom. The molecule has 1 unspecified atom stereocenters. The van der Waals surface area contributed by atoms with Crippen molar-refractivity contribution in [3.8, 4) is 0 Å². The number of rotatable bonds is 2. The summed E-state index contributed by atoms with van der Waals surface area (Å²) in [7, 11) is 0. The van der Waals surface area contributed by atoms with Crippen LogP contribution in [-0.2, 0) is 0 Å². The minimum atomic E-state index is -0.928. The average molecular weight is 234 g/mol. The zero-order valence-corrected chi connectivity index (χ0v) is 10.5. The maximum absolute atomic E-state index is 10.6. The molecule has 2 rings (SSSR count). The Morgan fingerprint density at radius 2 is 1.65 bits per heavy atom. The molecule has 0 amide bonds. The van der Waals surface area contributed by atoms with Crippen LogP contribution in [0.3, 0.4) is 0 Å². The molecule has 1 aromatic rings. The summed E-state index contributed by atoms with van der Waals surface area (Å²) in [6.45, 7) is 1.98. The first kappa shape index (κ1) is 12.6. The highest BCUT2D eigenvalue weighted by molar-refractivity contribution is 5.29. The Bertz CT molecular complexity index is 365. The van der Waals surface area contributed by atoms with Crippen molar-refractivity contribution in [2.45, 2.75) is 57.2 Å². The van der Waals surface area contributed by atoms with Gasteiger partial charge in [-0.2, -0.15) is 0 Å². The first-order valence-electron chi connectivity index (χ1n) is 6.59. The molecular formula is C15H22O2. The first-order valence-corrected chi connectivity index (χ1v) is 6.59. The summed E-state index contributed by atoms with van der Waals surface area (Å²) in [5, 5.41) is 21.1. The van der Waals surface area contributed by atoms with Gasteiger partial charge in [0.25, 0.3) is 0 Å². The summed E-state index contributed by atoms with van der Waals surface area (Å²) in [6.07, 6.45) is 5.04. The van der Waals surface area contributed by atoms with Crippen molar-refractivity contribution in [1.29, 1.82) is 0 Å². The number of benzene rings is 1. The molecule has 0 spiro atoms. The smallest absolute Gasteiger partial charge is 0.108 e. The molecule has 0 aliphatic heterocycles. The standard InChI is InChI=1S/C15H22O2/c1-12-8-4-5-9-13(12)14(16)15(17)10-6-2-3-7-11-15/h4-5,8-9,14,16-17H,2-3,6-7,10-11H2,1H3. The van der Waals surface area contributed by atoms with Crippen LogP contribution in [0.5, 0.6) is 0 Å². The van der Waals surface area contributed by atoms with Crippen molar-refractivity contribution in [3.05, 3.63) is 35.4 Å². The van der Waals surface area contributed by atoms with E-state index in [-0.39, 0.29) is 0 Å². The van der Waals surface area contributed by atoms with Gasteiger partial charge >= 0.3 is 0 Å². The zero-order valence-electron chi connectivity index (χ0n) is 10.5. The van der Waals surface area contributed by atoms with E-state index in [9.17, 15) is 10.2 Å². The highest BCUT2D eigenvalue weighted by Crippen LogP contribution is 2.38. The first-order chi connectivity index (χ1) is 8.13. The third-order valence-corrected chi connectivity index (χ3v) is 3.96. The Balaban J connectivity index is 2.23. The van der Waals surface area contributed by atoms with Crippen LogP contribution in [0.1, 0.15) is 55.8 Å². The Hall–Kier alpha value is -0.860. The third-order valence-electron chi connectivity index (χ3n) is 3.96. The molecular weight excluding hydrogens is 212 g/mol. The second-order valence-electron chi connectivity index (χ2n) is 5.28.